The quantitative estimate of drug-likeness (QED) is 0.705. The van der Waals surface area contributed by atoms with Crippen LogP contribution in [0.15, 0.2) is 0 Å². The van der Waals surface area contributed by atoms with Crippen LogP contribution >= 0.6 is 0 Å². The Balaban J connectivity index is 4.04. The number of nitrogens with one attached hydrogen (secondary N) is 1. The van der Waals surface area contributed by atoms with Crippen molar-refractivity contribution in [2.75, 3.05) is 6.54 Å². The molecule has 0 aromatic carbocycles. The van der Waals surface area contributed by atoms with Crippen LogP contribution in [0.1, 0.15) is 54.4 Å². The molecule has 0 fully saturated rings. The zero-order valence-corrected chi connectivity index (χ0v) is 14.3. The first-order valence-electron chi connectivity index (χ1n) is 7.27. The molecule has 7 heteroatoms. The molecular formula is C15H28N2O5. The fraction of sp³-hybridized carbons (Fsp3) is 0.800. The van der Waals surface area contributed by atoms with Gasteiger partial charge in [0.2, 0.25) is 5.91 Å². The van der Waals surface area contributed by atoms with E-state index in [1.807, 2.05) is 0 Å². The summed E-state index contributed by atoms with van der Waals surface area (Å²) in [5, 5.41) is 2.43. The Morgan fingerprint density at radius 3 is 1.95 bits per heavy atom. The Kier molecular flexibility index (Phi) is 7.52. The predicted molar refractivity (Wildman–Crippen MR) is 81.9 cm³/mol. The van der Waals surface area contributed by atoms with Crippen molar-refractivity contribution in [2.45, 2.75) is 71.6 Å². The zero-order valence-electron chi connectivity index (χ0n) is 14.3. The van der Waals surface area contributed by atoms with Gasteiger partial charge in [0.1, 0.15) is 23.8 Å². The zero-order chi connectivity index (χ0) is 17.6. The van der Waals surface area contributed by atoms with Gasteiger partial charge in [-0.25, -0.2) is 0 Å². The predicted octanol–water partition coefficient (Wildman–Crippen LogP) is 0.894. The van der Waals surface area contributed by atoms with E-state index in [9.17, 15) is 14.4 Å². The highest BCUT2D eigenvalue weighted by molar-refractivity contribution is 5.83. The largest absolute Gasteiger partial charge is 0.459 e. The Labute approximate surface area is 131 Å². The summed E-state index contributed by atoms with van der Waals surface area (Å²) < 4.78 is 10.2. The molecule has 0 radical (unpaired) electrons. The first-order chi connectivity index (χ1) is 9.80. The lowest BCUT2D eigenvalue weighted by atomic mass is 10.1. The van der Waals surface area contributed by atoms with Crippen LogP contribution in [0.5, 0.6) is 0 Å². The van der Waals surface area contributed by atoms with Gasteiger partial charge < -0.3 is 20.5 Å². The number of carbonyl (C=O) groups excluding carboxylic acids is 3. The fourth-order valence-corrected chi connectivity index (χ4v) is 1.42. The van der Waals surface area contributed by atoms with Crippen LogP contribution < -0.4 is 11.1 Å². The normalized spacial score (nSPS) is 13.2. The third kappa shape index (κ3) is 11.1. The smallest absolute Gasteiger partial charge is 0.325 e. The Hall–Kier alpha value is -1.63. The van der Waals surface area contributed by atoms with Crippen LogP contribution in [-0.4, -0.2) is 41.6 Å². The molecule has 7 nitrogen and oxygen atoms in total. The standard InChI is InChI=1S/C15H28N2O5/c1-14(2,3)21-12(19)9-17-11(18)8-7-10(16)13(20)22-15(4,5)6/h10H,7-9,16H2,1-6H3,(H,17,18)/t10-/m0/s1. The topological polar surface area (TPSA) is 108 Å². The summed E-state index contributed by atoms with van der Waals surface area (Å²) in [5.74, 6) is -1.44. The molecule has 0 aliphatic rings. The first-order valence-corrected chi connectivity index (χ1v) is 7.27. The highest BCUT2D eigenvalue weighted by Gasteiger charge is 2.23. The second-order valence-electron chi connectivity index (χ2n) is 7.04. The molecule has 128 valence electrons. The number of nitrogens with two attached hydrogens (primary N) is 1. The van der Waals surface area contributed by atoms with Crippen molar-refractivity contribution in [1.29, 1.82) is 0 Å². The summed E-state index contributed by atoms with van der Waals surface area (Å²) in [6, 6.07) is -0.869. The molecule has 0 unspecified atom stereocenters. The average Bonchev–Trinajstić information content (AvgIpc) is 2.29. The van der Waals surface area contributed by atoms with Crippen molar-refractivity contribution in [3.05, 3.63) is 0 Å². The summed E-state index contributed by atoms with van der Waals surface area (Å²) in [6.07, 6.45) is 0.179. The van der Waals surface area contributed by atoms with Crippen molar-refractivity contribution >= 4 is 17.8 Å². The summed E-state index contributed by atoms with van der Waals surface area (Å²) in [5.41, 5.74) is 4.45. The molecule has 0 saturated heterocycles. The van der Waals surface area contributed by atoms with E-state index in [2.05, 4.69) is 5.32 Å². The lowest BCUT2D eigenvalue weighted by Crippen LogP contribution is -2.39. The SMILES string of the molecule is CC(C)(C)OC(=O)CNC(=O)CC[C@H](N)C(=O)OC(C)(C)C. The van der Waals surface area contributed by atoms with Crippen LogP contribution in [0, 0.1) is 0 Å². The summed E-state index contributed by atoms with van der Waals surface area (Å²) >= 11 is 0. The molecule has 0 rings (SSSR count). The lowest BCUT2D eigenvalue weighted by Gasteiger charge is -2.22. The summed E-state index contributed by atoms with van der Waals surface area (Å²) in [7, 11) is 0. The van der Waals surface area contributed by atoms with E-state index in [4.69, 9.17) is 15.2 Å². The minimum Gasteiger partial charge on any atom is -0.459 e. The van der Waals surface area contributed by atoms with E-state index in [0.29, 0.717) is 0 Å². The second-order valence-corrected chi connectivity index (χ2v) is 7.04. The molecule has 1 amide bonds. The number of amides is 1. The van der Waals surface area contributed by atoms with Crippen LogP contribution in [0.3, 0.4) is 0 Å². The van der Waals surface area contributed by atoms with E-state index < -0.39 is 29.2 Å². The van der Waals surface area contributed by atoms with Gasteiger partial charge in [0, 0.05) is 6.42 Å². The first kappa shape index (κ1) is 20.4. The number of carbonyl (C=O) groups is 3. The van der Waals surface area contributed by atoms with Gasteiger partial charge in [-0.1, -0.05) is 0 Å². The van der Waals surface area contributed by atoms with Crippen LogP contribution in [0.4, 0.5) is 0 Å². The van der Waals surface area contributed by atoms with Gasteiger partial charge >= 0.3 is 11.9 Å². The molecule has 0 spiro atoms. The maximum Gasteiger partial charge on any atom is 0.325 e. The van der Waals surface area contributed by atoms with Gasteiger partial charge in [0.05, 0.1) is 0 Å². The Morgan fingerprint density at radius 1 is 1.00 bits per heavy atom. The molecule has 3 N–H and O–H groups in total. The molecular weight excluding hydrogens is 288 g/mol. The fourth-order valence-electron chi connectivity index (χ4n) is 1.42. The number of esters is 2. The van der Waals surface area contributed by atoms with Crippen molar-refractivity contribution in [2.24, 2.45) is 5.73 Å². The number of hydrogen-bond acceptors (Lipinski definition) is 6. The third-order valence-corrected chi connectivity index (χ3v) is 2.24. The van der Waals surface area contributed by atoms with Gasteiger partial charge in [-0.15, -0.1) is 0 Å². The molecule has 1 atom stereocenters. The molecule has 0 aliphatic heterocycles. The van der Waals surface area contributed by atoms with E-state index in [1.54, 1.807) is 41.5 Å². The highest BCUT2D eigenvalue weighted by Crippen LogP contribution is 2.09. The molecule has 0 bridgehead atoms. The minimum atomic E-state index is -0.869. The number of ether oxygens (including phenoxy) is 2. The van der Waals surface area contributed by atoms with Gasteiger partial charge in [-0.2, -0.15) is 0 Å². The summed E-state index contributed by atoms with van der Waals surface area (Å²) in [6.45, 7) is 10.2. The van der Waals surface area contributed by atoms with Crippen molar-refractivity contribution in [3.8, 4) is 0 Å². The molecule has 0 aromatic heterocycles. The monoisotopic (exact) mass is 316 g/mol. The number of rotatable bonds is 6. The van der Waals surface area contributed by atoms with Crippen LogP contribution in [-0.2, 0) is 23.9 Å². The van der Waals surface area contributed by atoms with Gasteiger partial charge in [0.15, 0.2) is 0 Å². The molecule has 0 heterocycles. The number of hydrogen-bond donors (Lipinski definition) is 2. The lowest BCUT2D eigenvalue weighted by molar-refractivity contribution is -0.157. The van der Waals surface area contributed by atoms with Gasteiger partial charge in [-0.05, 0) is 48.0 Å². The van der Waals surface area contributed by atoms with Gasteiger partial charge in [-0.3, -0.25) is 14.4 Å². The highest BCUT2D eigenvalue weighted by atomic mass is 16.6. The van der Waals surface area contributed by atoms with Crippen LogP contribution in [0.25, 0.3) is 0 Å². The Bertz CT molecular complexity index is 407. The van der Waals surface area contributed by atoms with E-state index in [1.165, 1.54) is 0 Å². The second kappa shape index (κ2) is 8.12. The van der Waals surface area contributed by atoms with Gasteiger partial charge in [0.25, 0.3) is 0 Å². The summed E-state index contributed by atoms with van der Waals surface area (Å²) in [4.78, 5) is 34.7. The van der Waals surface area contributed by atoms with Crippen LogP contribution in [0.2, 0.25) is 0 Å². The molecule has 0 saturated carbocycles. The van der Waals surface area contributed by atoms with E-state index in [0.717, 1.165) is 0 Å². The van der Waals surface area contributed by atoms with Crippen molar-refractivity contribution in [1.82, 2.24) is 5.32 Å². The third-order valence-electron chi connectivity index (χ3n) is 2.24. The Morgan fingerprint density at radius 2 is 1.50 bits per heavy atom. The van der Waals surface area contributed by atoms with Crippen molar-refractivity contribution in [3.63, 3.8) is 0 Å². The minimum absolute atomic E-state index is 0.0310. The van der Waals surface area contributed by atoms with E-state index >= 15 is 0 Å². The maximum atomic E-state index is 11.6. The van der Waals surface area contributed by atoms with Crippen molar-refractivity contribution < 1.29 is 23.9 Å². The molecule has 0 aromatic rings. The maximum absolute atomic E-state index is 11.6. The average molecular weight is 316 g/mol. The molecule has 0 aliphatic carbocycles. The molecule has 22 heavy (non-hydrogen) atoms. The van der Waals surface area contributed by atoms with E-state index in [-0.39, 0.29) is 25.3 Å².